The first-order chi connectivity index (χ1) is 12.9. The van der Waals surface area contributed by atoms with Gasteiger partial charge in [-0.25, -0.2) is 4.39 Å². The molecule has 0 spiro atoms. The van der Waals surface area contributed by atoms with Gasteiger partial charge in [0.15, 0.2) is 10.9 Å². The summed E-state index contributed by atoms with van der Waals surface area (Å²) in [7, 11) is 0. The lowest BCUT2D eigenvalue weighted by Gasteiger charge is -2.06. The van der Waals surface area contributed by atoms with Gasteiger partial charge in [-0.05, 0) is 30.7 Å². The second kappa shape index (κ2) is 8.00. The number of aromatic amines is 1. The molecule has 0 unspecified atom stereocenters. The van der Waals surface area contributed by atoms with Gasteiger partial charge in [-0.1, -0.05) is 36.0 Å². The fourth-order valence-corrected chi connectivity index (χ4v) is 2.88. The third kappa shape index (κ3) is 4.50. The number of nitrogens with zero attached hydrogens (tertiary/aromatic N) is 2. The Balaban J connectivity index is 1.65. The molecule has 1 amide bonds. The van der Waals surface area contributed by atoms with Crippen molar-refractivity contribution in [2.75, 3.05) is 16.8 Å². The van der Waals surface area contributed by atoms with Crippen LogP contribution in [0.25, 0.3) is 11.3 Å². The molecule has 1 aromatic heterocycles. The summed E-state index contributed by atoms with van der Waals surface area (Å²) in [5, 5.41) is 10.6. The summed E-state index contributed by atoms with van der Waals surface area (Å²) in [5.74, 6) is -0.777. The number of aryl methyl sites for hydroxylation is 1. The molecule has 1 heterocycles. The van der Waals surface area contributed by atoms with Crippen molar-refractivity contribution in [3.63, 3.8) is 0 Å². The van der Waals surface area contributed by atoms with Crippen LogP contribution in [0.2, 0.25) is 0 Å². The molecule has 0 atom stereocenters. The van der Waals surface area contributed by atoms with Crippen LogP contribution in [0.4, 0.5) is 15.8 Å². The number of rotatable bonds is 5. The van der Waals surface area contributed by atoms with Crippen LogP contribution in [0.15, 0.2) is 52.4 Å². The largest absolute Gasteiger partial charge is 0.398 e. The van der Waals surface area contributed by atoms with Crippen molar-refractivity contribution in [1.29, 1.82) is 0 Å². The van der Waals surface area contributed by atoms with E-state index in [9.17, 15) is 14.0 Å². The van der Waals surface area contributed by atoms with Crippen molar-refractivity contribution >= 4 is 29.0 Å². The molecule has 9 heteroatoms. The van der Waals surface area contributed by atoms with Gasteiger partial charge in [-0.2, -0.15) is 0 Å². The summed E-state index contributed by atoms with van der Waals surface area (Å²) < 4.78 is 13.5. The van der Waals surface area contributed by atoms with E-state index in [1.54, 1.807) is 43.3 Å². The number of amides is 1. The Morgan fingerprint density at radius 1 is 1.26 bits per heavy atom. The zero-order chi connectivity index (χ0) is 19.4. The van der Waals surface area contributed by atoms with Crippen LogP contribution in [-0.4, -0.2) is 26.8 Å². The molecule has 4 N–H and O–H groups in total. The number of anilines is 2. The minimum Gasteiger partial charge on any atom is -0.398 e. The number of hydrogen-bond acceptors (Lipinski definition) is 6. The second-order valence-corrected chi connectivity index (χ2v) is 6.66. The zero-order valence-corrected chi connectivity index (χ0v) is 15.1. The smallest absolute Gasteiger partial charge is 0.278 e. The Kier molecular flexibility index (Phi) is 5.51. The molecule has 138 valence electrons. The fourth-order valence-electron chi connectivity index (χ4n) is 2.28. The van der Waals surface area contributed by atoms with Gasteiger partial charge in [0.2, 0.25) is 5.91 Å². The maximum atomic E-state index is 13.5. The van der Waals surface area contributed by atoms with Gasteiger partial charge < -0.3 is 11.1 Å². The number of hydrogen-bond donors (Lipinski definition) is 3. The van der Waals surface area contributed by atoms with Crippen LogP contribution in [0.5, 0.6) is 0 Å². The number of carbonyl (C=O) groups is 1. The maximum absolute atomic E-state index is 13.5. The summed E-state index contributed by atoms with van der Waals surface area (Å²) in [6, 6.07) is 11.3. The van der Waals surface area contributed by atoms with E-state index in [0.29, 0.717) is 22.5 Å². The number of carbonyl (C=O) groups excluding carboxylic acids is 1. The first-order valence-electron chi connectivity index (χ1n) is 7.94. The van der Waals surface area contributed by atoms with Crippen LogP contribution in [0.1, 0.15) is 5.56 Å². The highest BCUT2D eigenvalue weighted by Gasteiger charge is 2.12. The van der Waals surface area contributed by atoms with E-state index in [0.717, 1.165) is 11.8 Å². The molecular formula is C18H16FN5O2S. The lowest BCUT2D eigenvalue weighted by molar-refractivity contribution is -0.113. The molecule has 0 bridgehead atoms. The highest BCUT2D eigenvalue weighted by molar-refractivity contribution is 7.99. The molecule has 0 radical (unpaired) electrons. The van der Waals surface area contributed by atoms with Gasteiger partial charge in [0.25, 0.3) is 5.56 Å². The van der Waals surface area contributed by atoms with Crippen molar-refractivity contribution < 1.29 is 9.18 Å². The van der Waals surface area contributed by atoms with Crippen molar-refractivity contribution in [3.05, 3.63) is 64.2 Å². The third-order valence-corrected chi connectivity index (χ3v) is 4.55. The first-order valence-corrected chi connectivity index (χ1v) is 8.93. The van der Waals surface area contributed by atoms with E-state index in [2.05, 4.69) is 20.5 Å². The second-order valence-electron chi connectivity index (χ2n) is 5.70. The van der Waals surface area contributed by atoms with E-state index < -0.39 is 11.4 Å². The number of halogens is 1. The average molecular weight is 385 g/mol. The number of para-hydroxylation sites is 1. The number of thioether (sulfide) groups is 1. The average Bonchev–Trinajstić information content (AvgIpc) is 2.64. The highest BCUT2D eigenvalue weighted by Crippen LogP contribution is 2.21. The minimum atomic E-state index is -0.452. The quantitative estimate of drug-likeness (QED) is 0.459. The van der Waals surface area contributed by atoms with E-state index in [4.69, 9.17) is 5.73 Å². The molecule has 0 aliphatic carbocycles. The molecule has 3 rings (SSSR count). The van der Waals surface area contributed by atoms with Crippen molar-refractivity contribution in [3.8, 4) is 11.3 Å². The molecule has 2 aromatic carbocycles. The van der Waals surface area contributed by atoms with Crippen LogP contribution in [0.3, 0.4) is 0 Å². The maximum Gasteiger partial charge on any atom is 0.278 e. The monoisotopic (exact) mass is 385 g/mol. The Morgan fingerprint density at radius 3 is 2.74 bits per heavy atom. The lowest BCUT2D eigenvalue weighted by Crippen LogP contribution is -2.17. The van der Waals surface area contributed by atoms with E-state index in [1.165, 1.54) is 6.07 Å². The topological polar surface area (TPSA) is 114 Å². The number of H-pyrrole nitrogens is 1. The molecule has 7 nitrogen and oxygen atoms in total. The Hall–Kier alpha value is -3.20. The fraction of sp³-hybridized carbons (Fsp3) is 0.111. The van der Waals surface area contributed by atoms with Gasteiger partial charge in [0.1, 0.15) is 5.82 Å². The van der Waals surface area contributed by atoms with E-state index in [1.807, 2.05) is 0 Å². The molecule has 0 aliphatic heterocycles. The molecule has 27 heavy (non-hydrogen) atoms. The first kappa shape index (κ1) is 18.6. The van der Waals surface area contributed by atoms with Crippen molar-refractivity contribution in [1.82, 2.24) is 15.2 Å². The van der Waals surface area contributed by atoms with Gasteiger partial charge in [0, 0.05) is 16.9 Å². The third-order valence-electron chi connectivity index (χ3n) is 3.69. The molecule has 0 fully saturated rings. The Morgan fingerprint density at radius 2 is 2.04 bits per heavy atom. The van der Waals surface area contributed by atoms with Crippen LogP contribution in [-0.2, 0) is 4.79 Å². The molecular weight excluding hydrogens is 369 g/mol. The number of nitrogen functional groups attached to an aromatic ring is 1. The summed E-state index contributed by atoms with van der Waals surface area (Å²) in [5.41, 5.74) is 7.26. The van der Waals surface area contributed by atoms with Gasteiger partial charge in [0.05, 0.1) is 5.75 Å². The minimum absolute atomic E-state index is 0.0209. The lowest BCUT2D eigenvalue weighted by atomic mass is 10.1. The number of nitrogens with one attached hydrogen (secondary N) is 2. The summed E-state index contributed by atoms with van der Waals surface area (Å²) in [6.07, 6.45) is 0. The van der Waals surface area contributed by atoms with Crippen molar-refractivity contribution in [2.24, 2.45) is 0 Å². The van der Waals surface area contributed by atoms with Crippen molar-refractivity contribution in [2.45, 2.75) is 12.1 Å². The number of aromatic nitrogens is 3. The predicted molar refractivity (Wildman–Crippen MR) is 103 cm³/mol. The molecule has 0 saturated heterocycles. The van der Waals surface area contributed by atoms with Crippen LogP contribution in [0, 0.1) is 12.7 Å². The molecule has 3 aromatic rings. The Labute approximate surface area is 158 Å². The summed E-state index contributed by atoms with van der Waals surface area (Å²) in [4.78, 5) is 26.8. The Bertz CT molecular complexity index is 1050. The number of nitrogens with two attached hydrogens (primary N) is 1. The van der Waals surface area contributed by atoms with Gasteiger partial charge in [-0.15, -0.1) is 10.2 Å². The predicted octanol–water partition coefficient (Wildman–Crippen LogP) is 2.59. The van der Waals surface area contributed by atoms with Crippen LogP contribution >= 0.6 is 11.8 Å². The molecule has 0 saturated carbocycles. The number of benzene rings is 2. The van der Waals surface area contributed by atoms with Crippen LogP contribution < -0.4 is 16.6 Å². The van der Waals surface area contributed by atoms with E-state index >= 15 is 0 Å². The zero-order valence-electron chi connectivity index (χ0n) is 14.3. The van der Waals surface area contributed by atoms with Gasteiger partial charge in [-0.3, -0.25) is 14.6 Å². The summed E-state index contributed by atoms with van der Waals surface area (Å²) >= 11 is 1.01. The standard InChI is InChI=1S/C18H16FN5O2S/c1-10-6-7-11(8-13(10)19)21-15(25)9-27-18-22-17(26)16(23-24-18)12-4-2-3-5-14(12)20/h2-8H,9,20H2,1H3,(H,21,25)(H,22,24,26). The molecule has 0 aliphatic rings. The summed E-state index contributed by atoms with van der Waals surface area (Å²) in [6.45, 7) is 1.64. The van der Waals surface area contributed by atoms with Gasteiger partial charge >= 0.3 is 0 Å². The normalized spacial score (nSPS) is 10.6. The SMILES string of the molecule is Cc1ccc(NC(=O)CSc2nnc(-c3ccccc3N)c(=O)[nH]2)cc1F. The van der Waals surface area contributed by atoms with E-state index in [-0.39, 0.29) is 22.5 Å². The highest BCUT2D eigenvalue weighted by atomic mass is 32.2.